The van der Waals surface area contributed by atoms with Gasteiger partial charge in [0.25, 0.3) is 0 Å². The van der Waals surface area contributed by atoms with E-state index in [4.69, 9.17) is 9.47 Å². The quantitative estimate of drug-likeness (QED) is 0.558. The average Bonchev–Trinajstić information content (AvgIpc) is 3.19. The summed E-state index contributed by atoms with van der Waals surface area (Å²) in [7, 11) is 5.37. The number of hydrogen-bond acceptors (Lipinski definition) is 5. The van der Waals surface area contributed by atoms with Gasteiger partial charge in [0.1, 0.15) is 0 Å². The molecule has 1 aliphatic heterocycles. The molecule has 0 atom stereocenters. The molecule has 0 amide bonds. The first-order valence-electron chi connectivity index (χ1n) is 11.6. The molecular weight excluding hydrogens is 400 g/mol. The molecule has 1 aliphatic rings. The number of methoxy groups -OCH3 is 2. The highest BCUT2D eigenvalue weighted by Crippen LogP contribution is 2.38. The van der Waals surface area contributed by atoms with Crippen LogP contribution in [0.5, 0.6) is 11.5 Å². The van der Waals surface area contributed by atoms with Crippen molar-refractivity contribution in [3.63, 3.8) is 0 Å². The molecule has 0 aliphatic carbocycles. The Kier molecular flexibility index (Phi) is 6.92. The molecule has 0 unspecified atom stereocenters. The summed E-state index contributed by atoms with van der Waals surface area (Å²) in [5, 5.41) is 4.57. The van der Waals surface area contributed by atoms with Crippen LogP contribution in [0.25, 0.3) is 22.2 Å². The third-order valence-corrected chi connectivity index (χ3v) is 6.64. The zero-order valence-corrected chi connectivity index (χ0v) is 20.0. The van der Waals surface area contributed by atoms with E-state index in [0.717, 1.165) is 68.4 Å². The standard InChI is InChI=1S/C26H36N4O2/c1-6-20-21-17-23(30-13-11-29(12-14-30)10-9-27-3)18(2)15-22(21)28-26(20)19-7-8-24(31-4)25(16-19)32-5/h7-8,15-17,27-28H,6,9-14H2,1-5H3. The van der Waals surface area contributed by atoms with Crippen molar-refractivity contribution >= 4 is 16.6 Å². The van der Waals surface area contributed by atoms with Gasteiger partial charge in [0.2, 0.25) is 0 Å². The van der Waals surface area contributed by atoms with Gasteiger partial charge in [-0.1, -0.05) is 6.92 Å². The van der Waals surface area contributed by atoms with Crippen molar-refractivity contribution in [2.75, 3.05) is 65.4 Å². The first kappa shape index (κ1) is 22.5. The molecule has 4 rings (SSSR count). The maximum Gasteiger partial charge on any atom is 0.161 e. The summed E-state index contributed by atoms with van der Waals surface area (Å²) in [6.07, 6.45) is 0.962. The molecule has 1 saturated heterocycles. The zero-order chi connectivity index (χ0) is 22.7. The van der Waals surface area contributed by atoms with Crippen LogP contribution in [-0.2, 0) is 6.42 Å². The molecule has 32 heavy (non-hydrogen) atoms. The van der Waals surface area contributed by atoms with Crippen molar-refractivity contribution in [1.29, 1.82) is 0 Å². The van der Waals surface area contributed by atoms with E-state index in [-0.39, 0.29) is 0 Å². The Hall–Kier alpha value is -2.70. The highest BCUT2D eigenvalue weighted by molar-refractivity contribution is 5.94. The fourth-order valence-electron chi connectivity index (χ4n) is 4.82. The smallest absolute Gasteiger partial charge is 0.161 e. The molecule has 2 N–H and O–H groups in total. The molecular formula is C26H36N4O2. The van der Waals surface area contributed by atoms with Gasteiger partial charge in [-0.2, -0.15) is 0 Å². The van der Waals surface area contributed by atoms with Crippen molar-refractivity contribution < 1.29 is 9.47 Å². The number of nitrogens with zero attached hydrogens (tertiary/aromatic N) is 2. The molecule has 0 saturated carbocycles. The molecule has 2 aromatic carbocycles. The van der Waals surface area contributed by atoms with E-state index in [1.54, 1.807) is 14.2 Å². The van der Waals surface area contributed by atoms with Crippen molar-refractivity contribution in [3.8, 4) is 22.8 Å². The molecule has 0 radical (unpaired) electrons. The van der Waals surface area contributed by atoms with E-state index in [0.29, 0.717) is 0 Å². The van der Waals surface area contributed by atoms with Crippen LogP contribution in [0.1, 0.15) is 18.1 Å². The predicted molar refractivity (Wildman–Crippen MR) is 134 cm³/mol. The second kappa shape index (κ2) is 9.84. The summed E-state index contributed by atoms with van der Waals surface area (Å²) < 4.78 is 11.0. The monoisotopic (exact) mass is 436 g/mol. The van der Waals surface area contributed by atoms with Gasteiger partial charge in [0, 0.05) is 67.1 Å². The molecule has 6 nitrogen and oxygen atoms in total. The summed E-state index contributed by atoms with van der Waals surface area (Å²) in [6.45, 7) is 11.0. The first-order valence-corrected chi connectivity index (χ1v) is 11.6. The third kappa shape index (κ3) is 4.30. The number of anilines is 1. The lowest BCUT2D eigenvalue weighted by Crippen LogP contribution is -2.48. The van der Waals surface area contributed by atoms with Gasteiger partial charge >= 0.3 is 0 Å². The van der Waals surface area contributed by atoms with Gasteiger partial charge in [-0.3, -0.25) is 4.90 Å². The van der Waals surface area contributed by atoms with E-state index in [1.807, 2.05) is 13.1 Å². The molecule has 172 valence electrons. The van der Waals surface area contributed by atoms with Crippen LogP contribution in [0.4, 0.5) is 5.69 Å². The number of hydrogen-bond donors (Lipinski definition) is 2. The molecule has 0 spiro atoms. The summed E-state index contributed by atoms with van der Waals surface area (Å²) in [5.41, 5.74) is 7.51. The maximum atomic E-state index is 5.54. The van der Waals surface area contributed by atoms with Crippen LogP contribution in [0.15, 0.2) is 30.3 Å². The average molecular weight is 437 g/mol. The van der Waals surface area contributed by atoms with E-state index < -0.39 is 0 Å². The topological polar surface area (TPSA) is 52.8 Å². The number of rotatable bonds is 8. The second-order valence-electron chi connectivity index (χ2n) is 8.52. The van der Waals surface area contributed by atoms with Crippen molar-refractivity contribution in [2.24, 2.45) is 0 Å². The summed E-state index contributed by atoms with van der Waals surface area (Å²) in [6, 6.07) is 10.8. The fourth-order valence-corrected chi connectivity index (χ4v) is 4.82. The van der Waals surface area contributed by atoms with Gasteiger partial charge in [-0.15, -0.1) is 0 Å². The SMILES string of the molecule is CCc1c(-c2ccc(OC)c(OC)c2)[nH]c2cc(C)c(N3CCN(CCNC)CC3)cc12. The molecule has 0 bridgehead atoms. The summed E-state index contributed by atoms with van der Waals surface area (Å²) in [4.78, 5) is 8.79. The number of fused-ring (bicyclic) bond motifs is 1. The van der Waals surface area contributed by atoms with E-state index in [1.165, 1.54) is 27.7 Å². The normalized spacial score (nSPS) is 14.8. The minimum atomic E-state index is 0.748. The van der Waals surface area contributed by atoms with Crippen molar-refractivity contribution in [1.82, 2.24) is 15.2 Å². The van der Waals surface area contributed by atoms with Crippen LogP contribution in [0.3, 0.4) is 0 Å². The first-order chi connectivity index (χ1) is 15.6. The van der Waals surface area contributed by atoms with Crippen molar-refractivity contribution in [3.05, 3.63) is 41.5 Å². The van der Waals surface area contributed by atoms with Gasteiger partial charge in [0.05, 0.1) is 14.2 Å². The molecule has 3 aromatic rings. The largest absolute Gasteiger partial charge is 0.493 e. The number of ether oxygens (including phenoxy) is 2. The zero-order valence-electron chi connectivity index (χ0n) is 20.0. The van der Waals surface area contributed by atoms with Crippen LogP contribution in [0.2, 0.25) is 0 Å². The number of nitrogens with one attached hydrogen (secondary N) is 2. The Morgan fingerprint density at radius 3 is 2.41 bits per heavy atom. The van der Waals surface area contributed by atoms with Crippen LogP contribution in [0, 0.1) is 6.92 Å². The van der Waals surface area contributed by atoms with Crippen LogP contribution < -0.4 is 19.7 Å². The van der Waals surface area contributed by atoms with Gasteiger partial charge in [-0.05, 0) is 61.9 Å². The number of aryl methyl sites for hydroxylation is 2. The molecule has 1 fully saturated rings. The molecule has 1 aromatic heterocycles. The van der Waals surface area contributed by atoms with Gasteiger partial charge < -0.3 is 24.7 Å². The number of aromatic nitrogens is 1. The summed E-state index contributed by atoms with van der Waals surface area (Å²) in [5.74, 6) is 1.50. The Morgan fingerprint density at radius 1 is 1.00 bits per heavy atom. The lowest BCUT2D eigenvalue weighted by molar-refractivity contribution is 0.259. The number of H-pyrrole nitrogens is 1. The number of piperazine rings is 1. The minimum Gasteiger partial charge on any atom is -0.493 e. The lowest BCUT2D eigenvalue weighted by atomic mass is 10.0. The minimum absolute atomic E-state index is 0.748. The Morgan fingerprint density at radius 2 is 1.75 bits per heavy atom. The number of likely N-dealkylation sites (N-methyl/N-ethyl adjacent to an activating group) is 1. The third-order valence-electron chi connectivity index (χ3n) is 6.64. The van der Waals surface area contributed by atoms with Gasteiger partial charge in [-0.25, -0.2) is 0 Å². The van der Waals surface area contributed by atoms with Crippen LogP contribution in [-0.4, -0.2) is 70.4 Å². The predicted octanol–water partition coefficient (Wildman–Crippen LogP) is 4.06. The second-order valence-corrected chi connectivity index (χ2v) is 8.52. The Bertz CT molecular complexity index is 1070. The number of benzene rings is 2. The van der Waals surface area contributed by atoms with Crippen molar-refractivity contribution in [2.45, 2.75) is 20.3 Å². The summed E-state index contributed by atoms with van der Waals surface area (Å²) >= 11 is 0. The highest BCUT2D eigenvalue weighted by atomic mass is 16.5. The van der Waals surface area contributed by atoms with E-state index in [2.05, 4.69) is 58.2 Å². The Labute approximate surface area is 191 Å². The molecule has 6 heteroatoms. The van der Waals surface area contributed by atoms with E-state index in [9.17, 15) is 0 Å². The maximum absolute atomic E-state index is 5.54. The fraction of sp³-hybridized carbons (Fsp3) is 0.462. The van der Waals surface area contributed by atoms with Gasteiger partial charge in [0.15, 0.2) is 11.5 Å². The number of aromatic amines is 1. The van der Waals surface area contributed by atoms with Crippen LogP contribution >= 0.6 is 0 Å². The lowest BCUT2D eigenvalue weighted by Gasteiger charge is -2.36. The molecule has 2 heterocycles. The van der Waals surface area contributed by atoms with E-state index >= 15 is 0 Å². The Balaban J connectivity index is 1.68. The highest BCUT2D eigenvalue weighted by Gasteiger charge is 2.21.